The topological polar surface area (TPSA) is 172 Å². The van der Waals surface area contributed by atoms with Crippen molar-refractivity contribution in [1.29, 1.82) is 0 Å². The highest BCUT2D eigenvalue weighted by molar-refractivity contribution is 6.30. The number of amides is 1. The number of fused-ring (bicyclic) bond motifs is 1. The molecule has 1 aromatic rings. The van der Waals surface area contributed by atoms with Crippen molar-refractivity contribution in [3.63, 3.8) is 0 Å². The molecule has 5 aliphatic rings. The molecule has 1 amide bonds. The second kappa shape index (κ2) is 21.9. The van der Waals surface area contributed by atoms with Crippen molar-refractivity contribution in [1.82, 2.24) is 9.80 Å². The Morgan fingerprint density at radius 2 is 1.57 bits per heavy atom. The van der Waals surface area contributed by atoms with Gasteiger partial charge in [-0.2, -0.15) is 0 Å². The first-order chi connectivity index (χ1) is 31.5. The van der Waals surface area contributed by atoms with Crippen LogP contribution < -0.4 is 0 Å². The zero-order chi connectivity index (χ0) is 49.3. The van der Waals surface area contributed by atoms with Gasteiger partial charge in [-0.3, -0.25) is 19.4 Å². The first-order valence-corrected chi connectivity index (χ1v) is 24.9. The van der Waals surface area contributed by atoms with Gasteiger partial charge in [-0.1, -0.05) is 51.8 Å². The van der Waals surface area contributed by atoms with Gasteiger partial charge in [0.25, 0.3) is 0 Å². The lowest BCUT2D eigenvalue weighted by atomic mass is 9.73. The first-order valence-electron chi connectivity index (χ1n) is 24.5. The molecule has 0 bridgehead atoms. The minimum atomic E-state index is -1.49. The SMILES string of the molecule is CCC1OC(=O)C(C)C(OC2CC(C)(OC)C(O)C(C)O2)C(C)C(OC2OC(C)CC(N3CCCCC3)C2O)C(C)(OC)CC(C)C(=O)C(C)C2N(CCc3ccc(F)c(Cl)c3)C(=O)OC12C. The molecule has 15 nitrogen and oxygen atoms in total. The summed E-state index contributed by atoms with van der Waals surface area (Å²) >= 11 is 6.13. The Labute approximate surface area is 401 Å². The lowest BCUT2D eigenvalue weighted by Crippen LogP contribution is -2.62. The van der Waals surface area contributed by atoms with Crippen LogP contribution in [0.1, 0.15) is 120 Å². The predicted molar refractivity (Wildman–Crippen MR) is 247 cm³/mol. The van der Waals surface area contributed by atoms with Crippen LogP contribution in [0.3, 0.4) is 0 Å². The van der Waals surface area contributed by atoms with Gasteiger partial charge < -0.3 is 48.1 Å². The Morgan fingerprint density at radius 3 is 2.19 bits per heavy atom. The highest BCUT2D eigenvalue weighted by Crippen LogP contribution is 2.45. The van der Waals surface area contributed by atoms with Gasteiger partial charge in [0.15, 0.2) is 18.2 Å². The van der Waals surface area contributed by atoms with E-state index in [1.54, 1.807) is 47.8 Å². The largest absolute Gasteiger partial charge is 0.458 e. The summed E-state index contributed by atoms with van der Waals surface area (Å²) in [5.41, 5.74) is -3.16. The summed E-state index contributed by atoms with van der Waals surface area (Å²) in [5, 5.41) is 23.3. The number of carbonyl (C=O) groups is 3. The molecule has 0 aromatic heterocycles. The Hall–Kier alpha value is -2.51. The first kappa shape index (κ1) is 53.8. The van der Waals surface area contributed by atoms with E-state index < -0.39 is 114 Å². The van der Waals surface area contributed by atoms with Crippen molar-refractivity contribution < 1.29 is 66.9 Å². The Kier molecular flexibility index (Phi) is 17.6. The highest BCUT2D eigenvalue weighted by Gasteiger charge is 2.61. The summed E-state index contributed by atoms with van der Waals surface area (Å²) < 4.78 is 66.0. The summed E-state index contributed by atoms with van der Waals surface area (Å²) in [6.45, 7) is 19.8. The molecule has 5 fully saturated rings. The average Bonchev–Trinajstić information content (AvgIpc) is 3.56. The molecule has 18 atom stereocenters. The molecule has 5 saturated heterocycles. The summed E-state index contributed by atoms with van der Waals surface area (Å²) in [4.78, 5) is 48.0. The van der Waals surface area contributed by atoms with E-state index in [0.717, 1.165) is 32.4 Å². The average molecular weight is 970 g/mol. The number of likely N-dealkylation sites (tertiary alicyclic amines) is 1. The quantitative estimate of drug-likeness (QED) is 0.220. The molecule has 2 N–H and O–H groups in total. The maximum absolute atomic E-state index is 15.1. The molecule has 67 heavy (non-hydrogen) atoms. The molecule has 0 aliphatic carbocycles. The number of hydrogen-bond donors (Lipinski definition) is 2. The normalized spacial score (nSPS) is 43.0. The molecule has 6 rings (SSSR count). The zero-order valence-corrected chi connectivity index (χ0v) is 42.5. The number of carbonyl (C=O) groups excluding carboxylic acids is 3. The van der Waals surface area contributed by atoms with Crippen LogP contribution in [0.15, 0.2) is 18.2 Å². The Morgan fingerprint density at radius 1 is 0.896 bits per heavy atom. The number of halogens is 2. The summed E-state index contributed by atoms with van der Waals surface area (Å²) in [6, 6.07) is 3.24. The maximum atomic E-state index is 15.1. The Balaban J connectivity index is 1.44. The van der Waals surface area contributed by atoms with E-state index in [9.17, 15) is 24.2 Å². The molecule has 17 heteroatoms. The lowest BCUT2D eigenvalue weighted by molar-refractivity contribution is -0.320. The van der Waals surface area contributed by atoms with E-state index in [2.05, 4.69) is 4.90 Å². The number of aliphatic hydroxyl groups is 2. The fraction of sp³-hybridized carbons (Fsp3) is 0.820. The van der Waals surface area contributed by atoms with Gasteiger partial charge >= 0.3 is 12.1 Å². The molecule has 18 unspecified atom stereocenters. The van der Waals surface area contributed by atoms with E-state index in [1.165, 1.54) is 24.1 Å². The third-order valence-corrected chi connectivity index (χ3v) is 16.2. The Bertz CT molecular complexity index is 1880. The molecule has 0 saturated carbocycles. The fourth-order valence-electron chi connectivity index (χ4n) is 11.9. The molecule has 5 aliphatic heterocycles. The van der Waals surface area contributed by atoms with E-state index in [4.69, 9.17) is 49.5 Å². The van der Waals surface area contributed by atoms with Gasteiger partial charge in [0.05, 0.1) is 52.6 Å². The third kappa shape index (κ3) is 11.2. The number of cyclic esters (lactones) is 1. The number of esters is 1. The van der Waals surface area contributed by atoms with E-state index >= 15 is 4.79 Å². The van der Waals surface area contributed by atoms with Crippen LogP contribution in [-0.4, -0.2) is 156 Å². The van der Waals surface area contributed by atoms with E-state index in [-0.39, 0.29) is 55.2 Å². The fourth-order valence-corrected chi connectivity index (χ4v) is 12.1. The number of piperidine rings is 1. The lowest BCUT2D eigenvalue weighted by Gasteiger charge is -2.50. The second-order valence-electron chi connectivity index (χ2n) is 20.8. The number of ketones is 1. The number of nitrogens with zero attached hydrogens (tertiary/aromatic N) is 2. The molecule has 5 heterocycles. The molecule has 0 radical (unpaired) electrons. The molecular weight excluding hydrogens is 891 g/mol. The number of hydrogen-bond acceptors (Lipinski definition) is 14. The minimum Gasteiger partial charge on any atom is -0.458 e. The monoisotopic (exact) mass is 969 g/mol. The van der Waals surface area contributed by atoms with Crippen LogP contribution in [-0.2, 0) is 53.9 Å². The standard InChI is InChI=1S/C50H78ClFN2O13/c1-13-37-50(10)42(54(47(59)67-50)22-19-33-17-18-35(52)34(51)24-33)29(4)39(55)27(2)25-49(9,61-12)44(66-46-40(56)36(23-28(3)62-46)53-20-15-14-16-21-53)30(5)41(31(6)45(58)64-37)65-38-26-48(8,60-11)43(57)32(7)63-38/h17-18,24,27-32,36-38,40-44,46,56-57H,13-16,19-23,25-26H2,1-12H3. The van der Waals surface area contributed by atoms with Gasteiger partial charge in [-0.15, -0.1) is 0 Å². The number of Topliss-reactive ketones (excluding diaryl/α,β-unsaturated/α-hetero) is 1. The van der Waals surface area contributed by atoms with E-state index in [0.29, 0.717) is 12.0 Å². The number of rotatable bonds is 11. The summed E-state index contributed by atoms with van der Waals surface area (Å²) in [7, 11) is 3.06. The van der Waals surface area contributed by atoms with Gasteiger partial charge in [0.2, 0.25) is 0 Å². The van der Waals surface area contributed by atoms with Crippen molar-refractivity contribution in [3.8, 4) is 0 Å². The van der Waals surface area contributed by atoms with Crippen molar-refractivity contribution in [2.45, 2.75) is 205 Å². The molecular formula is C50H78ClFN2O13. The maximum Gasteiger partial charge on any atom is 0.410 e. The summed E-state index contributed by atoms with van der Waals surface area (Å²) in [5.74, 6) is -4.70. The molecule has 1 aromatic carbocycles. The number of benzene rings is 1. The molecule has 380 valence electrons. The zero-order valence-electron chi connectivity index (χ0n) is 41.7. The van der Waals surface area contributed by atoms with Crippen molar-refractivity contribution in [2.75, 3.05) is 33.9 Å². The van der Waals surface area contributed by atoms with Crippen molar-refractivity contribution in [2.24, 2.45) is 23.7 Å². The van der Waals surface area contributed by atoms with Gasteiger partial charge in [-0.25, -0.2) is 9.18 Å². The van der Waals surface area contributed by atoms with Crippen LogP contribution in [0.4, 0.5) is 9.18 Å². The van der Waals surface area contributed by atoms with Gasteiger partial charge in [0.1, 0.15) is 29.9 Å². The van der Waals surface area contributed by atoms with E-state index in [1.807, 2.05) is 34.6 Å². The van der Waals surface area contributed by atoms with Crippen LogP contribution in [0.5, 0.6) is 0 Å². The van der Waals surface area contributed by atoms with Gasteiger partial charge in [0, 0.05) is 51.0 Å². The number of ether oxygens (including phenoxy) is 8. The number of methoxy groups -OCH3 is 2. The van der Waals surface area contributed by atoms with Crippen LogP contribution >= 0.6 is 11.6 Å². The van der Waals surface area contributed by atoms with Crippen LogP contribution in [0, 0.1) is 29.5 Å². The van der Waals surface area contributed by atoms with Crippen LogP contribution in [0.2, 0.25) is 5.02 Å². The minimum absolute atomic E-state index is 0.0513. The van der Waals surface area contributed by atoms with Crippen molar-refractivity contribution in [3.05, 3.63) is 34.6 Å². The number of aliphatic hydroxyl groups excluding tert-OH is 2. The van der Waals surface area contributed by atoms with Crippen molar-refractivity contribution >= 4 is 29.4 Å². The molecule has 0 spiro atoms. The van der Waals surface area contributed by atoms with Crippen LogP contribution in [0.25, 0.3) is 0 Å². The van der Waals surface area contributed by atoms with Gasteiger partial charge in [-0.05, 0) is 111 Å². The summed E-state index contributed by atoms with van der Waals surface area (Å²) in [6.07, 6.45) is -4.23. The third-order valence-electron chi connectivity index (χ3n) is 15.9. The smallest absolute Gasteiger partial charge is 0.410 e. The predicted octanol–water partition coefficient (Wildman–Crippen LogP) is 6.87. The second-order valence-corrected chi connectivity index (χ2v) is 21.2. The highest BCUT2D eigenvalue weighted by atomic mass is 35.5.